The van der Waals surface area contributed by atoms with E-state index in [1.54, 1.807) is 11.9 Å². The molecule has 1 aliphatic carbocycles. The van der Waals surface area contributed by atoms with Gasteiger partial charge in [-0.05, 0) is 25.7 Å². The number of Topliss-reactive ketones (excluding diaryl/α,β-unsaturated/α-hetero) is 1. The first-order chi connectivity index (χ1) is 9.58. The lowest BCUT2D eigenvalue weighted by Crippen LogP contribution is -2.44. The fourth-order valence-electron chi connectivity index (χ4n) is 4.00. The van der Waals surface area contributed by atoms with Crippen LogP contribution in [0.4, 0.5) is 0 Å². The number of amides is 2. The summed E-state index contributed by atoms with van der Waals surface area (Å²) in [6, 6.07) is 0.0958. The maximum Gasteiger partial charge on any atom is 0.228 e. The van der Waals surface area contributed by atoms with Gasteiger partial charge in [0.25, 0.3) is 0 Å². The fraction of sp³-hybridized carbons (Fsp3) is 0.800. The summed E-state index contributed by atoms with van der Waals surface area (Å²) in [5.41, 5.74) is 0. The first-order valence-corrected chi connectivity index (χ1v) is 7.65. The zero-order valence-electron chi connectivity index (χ0n) is 12.0. The number of likely N-dealkylation sites (tertiary alicyclic amines) is 2. The minimum absolute atomic E-state index is 0.0519. The molecule has 3 rings (SSSR count). The summed E-state index contributed by atoms with van der Waals surface area (Å²) in [6.07, 6.45) is 4.82. The predicted octanol–water partition coefficient (Wildman–Crippen LogP) is 0.825. The monoisotopic (exact) mass is 278 g/mol. The highest BCUT2D eigenvalue weighted by atomic mass is 16.2. The van der Waals surface area contributed by atoms with E-state index in [2.05, 4.69) is 0 Å². The molecule has 0 N–H and O–H groups in total. The quantitative estimate of drug-likeness (QED) is 0.751. The van der Waals surface area contributed by atoms with Gasteiger partial charge in [-0.3, -0.25) is 14.4 Å². The highest BCUT2D eigenvalue weighted by Crippen LogP contribution is 2.34. The highest BCUT2D eigenvalue weighted by molar-refractivity contribution is 5.90. The van der Waals surface area contributed by atoms with Crippen LogP contribution < -0.4 is 0 Å². The molecule has 5 nitrogen and oxygen atoms in total. The van der Waals surface area contributed by atoms with Crippen LogP contribution in [-0.2, 0) is 14.4 Å². The molecule has 0 unspecified atom stereocenters. The van der Waals surface area contributed by atoms with Gasteiger partial charge < -0.3 is 9.80 Å². The Morgan fingerprint density at radius 3 is 2.60 bits per heavy atom. The van der Waals surface area contributed by atoms with Crippen LogP contribution in [0.1, 0.15) is 38.5 Å². The molecule has 2 heterocycles. The zero-order valence-corrected chi connectivity index (χ0v) is 12.0. The van der Waals surface area contributed by atoms with Crippen LogP contribution in [0.15, 0.2) is 0 Å². The largest absolute Gasteiger partial charge is 0.345 e. The second-order valence-corrected chi connectivity index (χ2v) is 6.38. The third kappa shape index (κ3) is 2.23. The number of carbonyl (C=O) groups is 3. The molecule has 1 saturated carbocycles. The average molecular weight is 278 g/mol. The van der Waals surface area contributed by atoms with Gasteiger partial charge in [0.05, 0.1) is 5.92 Å². The molecule has 3 aliphatic rings. The molecule has 20 heavy (non-hydrogen) atoms. The lowest BCUT2D eigenvalue weighted by atomic mass is 9.94. The smallest absolute Gasteiger partial charge is 0.228 e. The van der Waals surface area contributed by atoms with Crippen LogP contribution >= 0.6 is 0 Å². The van der Waals surface area contributed by atoms with E-state index >= 15 is 0 Å². The Hall–Kier alpha value is -1.39. The van der Waals surface area contributed by atoms with Gasteiger partial charge in [0.2, 0.25) is 11.8 Å². The molecule has 2 saturated heterocycles. The molecule has 110 valence electrons. The Morgan fingerprint density at radius 2 is 2.00 bits per heavy atom. The van der Waals surface area contributed by atoms with Gasteiger partial charge in [0, 0.05) is 44.9 Å². The van der Waals surface area contributed by atoms with Crippen LogP contribution in [0.5, 0.6) is 0 Å². The van der Waals surface area contributed by atoms with Crippen LogP contribution in [0.2, 0.25) is 0 Å². The van der Waals surface area contributed by atoms with Gasteiger partial charge in [-0.2, -0.15) is 0 Å². The van der Waals surface area contributed by atoms with Gasteiger partial charge in [-0.15, -0.1) is 0 Å². The molecular formula is C15H22N2O3. The number of carbonyl (C=O) groups excluding carboxylic acids is 3. The zero-order chi connectivity index (χ0) is 14.3. The van der Waals surface area contributed by atoms with E-state index in [0.29, 0.717) is 25.2 Å². The van der Waals surface area contributed by atoms with Gasteiger partial charge in [-0.25, -0.2) is 0 Å². The summed E-state index contributed by atoms with van der Waals surface area (Å²) in [4.78, 5) is 39.7. The Morgan fingerprint density at radius 1 is 1.20 bits per heavy atom. The van der Waals surface area contributed by atoms with E-state index in [1.807, 2.05) is 4.90 Å². The van der Waals surface area contributed by atoms with Gasteiger partial charge in [-0.1, -0.05) is 0 Å². The summed E-state index contributed by atoms with van der Waals surface area (Å²) >= 11 is 0. The van der Waals surface area contributed by atoms with E-state index in [9.17, 15) is 14.4 Å². The Bertz CT molecular complexity index is 448. The predicted molar refractivity (Wildman–Crippen MR) is 72.8 cm³/mol. The number of hydrogen-bond acceptors (Lipinski definition) is 3. The normalized spacial score (nSPS) is 34.4. The molecule has 2 amide bonds. The third-order valence-electron chi connectivity index (χ3n) is 5.09. The summed E-state index contributed by atoms with van der Waals surface area (Å²) in [7, 11) is 1.75. The second-order valence-electron chi connectivity index (χ2n) is 6.38. The molecule has 0 aromatic rings. The Kier molecular flexibility index (Phi) is 3.52. The maximum absolute atomic E-state index is 12.6. The van der Waals surface area contributed by atoms with Crippen LogP contribution in [0.3, 0.4) is 0 Å². The summed E-state index contributed by atoms with van der Waals surface area (Å²) in [5.74, 6) is 0.316. The molecule has 0 spiro atoms. The Balaban J connectivity index is 1.70. The molecule has 3 atom stereocenters. The maximum atomic E-state index is 12.6. The lowest BCUT2D eigenvalue weighted by molar-refractivity contribution is -0.138. The van der Waals surface area contributed by atoms with Crippen LogP contribution in [-0.4, -0.2) is 53.6 Å². The first kappa shape index (κ1) is 13.6. The lowest BCUT2D eigenvalue weighted by Gasteiger charge is -2.30. The number of rotatable bonds is 2. The molecule has 0 bridgehead atoms. The Labute approximate surface area is 119 Å². The fourth-order valence-corrected chi connectivity index (χ4v) is 4.00. The minimum atomic E-state index is -0.204. The van der Waals surface area contributed by atoms with Crippen LogP contribution in [0.25, 0.3) is 0 Å². The molecule has 0 radical (unpaired) electrons. The number of hydrogen-bond donors (Lipinski definition) is 0. The standard InChI is InChI=1S/C15H22N2O3/c1-16-9-10(8-14(16)19)15(20)17-7-3-5-12(17)11-4-2-6-13(11)18/h10-12H,2-9H2,1H3/t10-,11+,12+/m1/s1. The van der Waals surface area contributed by atoms with Crippen molar-refractivity contribution in [1.29, 1.82) is 0 Å². The topological polar surface area (TPSA) is 57.7 Å². The first-order valence-electron chi connectivity index (χ1n) is 7.65. The van der Waals surface area contributed by atoms with E-state index in [4.69, 9.17) is 0 Å². The van der Waals surface area contributed by atoms with Gasteiger partial charge in [0.15, 0.2) is 0 Å². The highest BCUT2D eigenvalue weighted by Gasteiger charge is 2.43. The van der Waals surface area contributed by atoms with E-state index in [-0.39, 0.29) is 29.7 Å². The molecule has 0 aromatic carbocycles. The van der Waals surface area contributed by atoms with Crippen molar-refractivity contribution in [3.8, 4) is 0 Å². The van der Waals surface area contributed by atoms with Crippen molar-refractivity contribution in [3.63, 3.8) is 0 Å². The molecule has 2 aliphatic heterocycles. The molecular weight excluding hydrogens is 256 g/mol. The number of nitrogens with zero attached hydrogens (tertiary/aromatic N) is 2. The second kappa shape index (κ2) is 5.19. The summed E-state index contributed by atoms with van der Waals surface area (Å²) < 4.78 is 0. The summed E-state index contributed by atoms with van der Waals surface area (Å²) in [5, 5.41) is 0. The number of ketones is 1. The molecule has 3 fully saturated rings. The van der Waals surface area contributed by atoms with E-state index in [1.165, 1.54) is 0 Å². The van der Waals surface area contributed by atoms with Crippen molar-refractivity contribution >= 4 is 17.6 Å². The van der Waals surface area contributed by atoms with Crippen molar-refractivity contribution in [2.45, 2.75) is 44.6 Å². The van der Waals surface area contributed by atoms with Gasteiger partial charge in [0.1, 0.15) is 5.78 Å². The van der Waals surface area contributed by atoms with Crippen molar-refractivity contribution in [3.05, 3.63) is 0 Å². The van der Waals surface area contributed by atoms with E-state index in [0.717, 1.165) is 32.2 Å². The summed E-state index contributed by atoms with van der Waals surface area (Å²) in [6.45, 7) is 1.28. The van der Waals surface area contributed by atoms with Crippen molar-refractivity contribution in [1.82, 2.24) is 9.80 Å². The minimum Gasteiger partial charge on any atom is -0.345 e. The van der Waals surface area contributed by atoms with Crippen molar-refractivity contribution in [2.75, 3.05) is 20.1 Å². The molecule has 0 aromatic heterocycles. The van der Waals surface area contributed by atoms with Gasteiger partial charge >= 0.3 is 0 Å². The van der Waals surface area contributed by atoms with Crippen LogP contribution in [0, 0.1) is 11.8 Å². The van der Waals surface area contributed by atoms with E-state index < -0.39 is 0 Å². The third-order valence-corrected chi connectivity index (χ3v) is 5.09. The van der Waals surface area contributed by atoms with Crippen molar-refractivity contribution < 1.29 is 14.4 Å². The SMILES string of the molecule is CN1C[C@H](C(=O)N2CCC[C@H]2[C@@H]2CCCC2=O)CC1=O. The van der Waals surface area contributed by atoms with Crippen molar-refractivity contribution in [2.24, 2.45) is 11.8 Å². The molecule has 5 heteroatoms. The average Bonchev–Trinajstić information content (AvgIpc) is 3.10.